The molecule has 10 heteroatoms. The largest absolute Gasteiger partial charge is 0.364 e. The lowest BCUT2D eigenvalue weighted by atomic mass is 9.97. The number of carbonyl (C=O) groups excluding carboxylic acids is 3. The van der Waals surface area contributed by atoms with Crippen LogP contribution >= 0.6 is 11.6 Å². The first kappa shape index (κ1) is 24.1. The zero-order valence-electron chi connectivity index (χ0n) is 20.4. The van der Waals surface area contributed by atoms with E-state index in [-0.39, 0.29) is 36.0 Å². The Morgan fingerprint density at radius 3 is 2.61 bits per heavy atom. The van der Waals surface area contributed by atoms with Gasteiger partial charge < -0.3 is 16.0 Å². The summed E-state index contributed by atoms with van der Waals surface area (Å²) in [5, 5.41) is 8.40. The number of nitrogens with one attached hydrogen (secondary N) is 1. The average molecular weight is 529 g/mol. The molecule has 3 amide bonds. The monoisotopic (exact) mass is 528 g/mol. The zero-order valence-corrected chi connectivity index (χ0v) is 21.1. The fourth-order valence-electron chi connectivity index (χ4n) is 5.85. The van der Waals surface area contributed by atoms with Crippen molar-refractivity contribution in [2.75, 3.05) is 5.32 Å². The molecular formula is C28H25ClN6O3. The van der Waals surface area contributed by atoms with Gasteiger partial charge in [-0.05, 0) is 49.4 Å². The number of carbonyl (C=O) groups is 3. The van der Waals surface area contributed by atoms with Crippen LogP contribution in [0.4, 0.5) is 5.82 Å². The van der Waals surface area contributed by atoms with E-state index >= 15 is 0 Å². The summed E-state index contributed by atoms with van der Waals surface area (Å²) < 4.78 is 1.49. The van der Waals surface area contributed by atoms with E-state index in [4.69, 9.17) is 17.3 Å². The number of amides is 3. The first-order valence-electron chi connectivity index (χ1n) is 12.5. The smallest absolute Gasteiger partial charge is 0.269 e. The Kier molecular flexibility index (Phi) is 6.07. The molecule has 1 aliphatic heterocycles. The van der Waals surface area contributed by atoms with E-state index in [2.05, 4.69) is 15.4 Å². The second-order valence-corrected chi connectivity index (χ2v) is 10.1. The summed E-state index contributed by atoms with van der Waals surface area (Å²) in [6, 6.07) is 19.3. The van der Waals surface area contributed by atoms with Gasteiger partial charge in [-0.3, -0.25) is 19.1 Å². The highest BCUT2D eigenvalue weighted by Crippen LogP contribution is 2.43. The highest BCUT2D eigenvalue weighted by atomic mass is 35.5. The maximum Gasteiger partial charge on any atom is 0.269 e. The Morgan fingerprint density at radius 1 is 1.00 bits per heavy atom. The molecule has 2 aliphatic rings. The number of likely N-dealkylation sites (tertiary alicyclic amines) is 1. The molecular weight excluding hydrogens is 504 g/mol. The van der Waals surface area contributed by atoms with Crippen molar-refractivity contribution >= 4 is 46.0 Å². The third-order valence-electron chi connectivity index (χ3n) is 7.47. The third-order valence-corrected chi connectivity index (χ3v) is 7.80. The van der Waals surface area contributed by atoms with Gasteiger partial charge in [-0.1, -0.05) is 54.1 Å². The molecule has 2 bridgehead atoms. The Labute approximate surface area is 223 Å². The molecule has 3 N–H and O–H groups in total. The molecule has 1 aliphatic carbocycles. The highest BCUT2D eigenvalue weighted by molar-refractivity contribution is 6.33. The summed E-state index contributed by atoms with van der Waals surface area (Å²) in [4.78, 5) is 45.3. The van der Waals surface area contributed by atoms with Crippen molar-refractivity contribution in [2.45, 2.75) is 37.9 Å². The number of primary amides is 1. The molecule has 0 radical (unpaired) electrons. The molecule has 2 aromatic heterocycles. The number of hydrogen-bond acceptors (Lipinski definition) is 5. The summed E-state index contributed by atoms with van der Waals surface area (Å²) in [5.74, 6) is -0.675. The lowest BCUT2D eigenvalue weighted by Crippen LogP contribution is -2.52. The maximum absolute atomic E-state index is 13.6. The summed E-state index contributed by atoms with van der Waals surface area (Å²) in [5.41, 5.74) is 7.68. The normalized spacial score (nSPS) is 20.1. The van der Waals surface area contributed by atoms with Gasteiger partial charge in [0.25, 0.3) is 5.91 Å². The number of nitrogens with zero attached hydrogens (tertiary/aromatic N) is 4. The molecule has 192 valence electrons. The summed E-state index contributed by atoms with van der Waals surface area (Å²) in [6.07, 6.45) is 2.52. The SMILES string of the molecule is NC(=O)c1nn(CC(=O)N2[C@@H]3CC[C@@H](C3)[C@H]2C(=O)Nc2cccc(-c3ccccc3Cl)n2)c2ccccc12. The Balaban J connectivity index is 1.24. The van der Waals surface area contributed by atoms with E-state index in [1.54, 1.807) is 35.2 Å². The molecule has 3 atom stereocenters. The number of para-hydroxylation sites is 1. The fourth-order valence-corrected chi connectivity index (χ4v) is 6.08. The second kappa shape index (κ2) is 9.57. The molecule has 9 nitrogen and oxygen atoms in total. The van der Waals surface area contributed by atoms with Gasteiger partial charge in [-0.2, -0.15) is 5.10 Å². The number of halogens is 1. The molecule has 0 unspecified atom stereocenters. The molecule has 4 aromatic rings. The van der Waals surface area contributed by atoms with Gasteiger partial charge in [-0.25, -0.2) is 4.98 Å². The van der Waals surface area contributed by atoms with Gasteiger partial charge in [0, 0.05) is 22.0 Å². The number of aromatic nitrogens is 3. The molecule has 2 fully saturated rings. The van der Waals surface area contributed by atoms with E-state index in [1.165, 1.54) is 4.68 Å². The maximum atomic E-state index is 13.6. The van der Waals surface area contributed by atoms with Crippen molar-refractivity contribution in [3.63, 3.8) is 0 Å². The summed E-state index contributed by atoms with van der Waals surface area (Å²) in [6.45, 7) is -0.0962. The minimum atomic E-state index is -0.656. The molecule has 38 heavy (non-hydrogen) atoms. The van der Waals surface area contributed by atoms with Crippen molar-refractivity contribution in [2.24, 2.45) is 11.7 Å². The van der Waals surface area contributed by atoms with Crippen LogP contribution in [0.2, 0.25) is 5.02 Å². The van der Waals surface area contributed by atoms with Crippen molar-refractivity contribution < 1.29 is 14.4 Å². The average Bonchev–Trinajstić information content (AvgIpc) is 3.63. The number of fused-ring (bicyclic) bond motifs is 3. The Bertz CT molecular complexity index is 1580. The van der Waals surface area contributed by atoms with Crippen LogP contribution < -0.4 is 11.1 Å². The summed E-state index contributed by atoms with van der Waals surface area (Å²) >= 11 is 6.33. The van der Waals surface area contributed by atoms with Crippen molar-refractivity contribution in [3.05, 3.63) is 77.4 Å². The molecule has 1 saturated heterocycles. The van der Waals surface area contributed by atoms with Crippen LogP contribution in [0.25, 0.3) is 22.2 Å². The molecule has 6 rings (SSSR count). The number of pyridine rings is 1. The molecule has 1 saturated carbocycles. The van der Waals surface area contributed by atoms with Gasteiger partial charge >= 0.3 is 0 Å². The van der Waals surface area contributed by atoms with E-state index in [1.807, 2.05) is 36.4 Å². The lowest BCUT2D eigenvalue weighted by molar-refractivity contribution is -0.141. The van der Waals surface area contributed by atoms with Gasteiger partial charge in [0.15, 0.2) is 5.69 Å². The number of hydrogen-bond donors (Lipinski definition) is 2. The first-order chi connectivity index (χ1) is 18.4. The number of benzene rings is 2. The molecule has 2 aromatic carbocycles. The first-order valence-corrected chi connectivity index (χ1v) is 12.9. The van der Waals surface area contributed by atoms with Crippen LogP contribution in [0.1, 0.15) is 29.8 Å². The number of nitrogens with two attached hydrogens (primary N) is 1. The standard InChI is InChI=1S/C28H25ClN6O3/c29-20-8-3-1-6-18(20)21-9-5-11-23(31-21)32-28(38)26-16-12-13-17(14-16)35(26)24(36)15-34-22-10-4-2-7-19(22)25(33-34)27(30)37/h1-11,16-17,26H,12-15H2,(H2,30,37)(H,31,32,38)/t16-,17+,26-/m0/s1. The minimum Gasteiger partial charge on any atom is -0.364 e. The fraction of sp³-hybridized carbons (Fsp3) is 0.250. The van der Waals surface area contributed by atoms with Gasteiger partial charge in [-0.15, -0.1) is 0 Å². The minimum absolute atomic E-state index is 0.0110. The quantitative estimate of drug-likeness (QED) is 0.393. The van der Waals surface area contributed by atoms with E-state index in [0.717, 1.165) is 24.8 Å². The second-order valence-electron chi connectivity index (χ2n) is 9.74. The van der Waals surface area contributed by atoms with Crippen LogP contribution in [-0.4, -0.2) is 49.5 Å². The number of rotatable bonds is 6. The van der Waals surface area contributed by atoms with Crippen molar-refractivity contribution in [1.29, 1.82) is 0 Å². The van der Waals surface area contributed by atoms with E-state index in [0.29, 0.717) is 27.4 Å². The summed E-state index contributed by atoms with van der Waals surface area (Å²) in [7, 11) is 0. The van der Waals surface area contributed by atoms with Gasteiger partial charge in [0.2, 0.25) is 11.8 Å². The predicted octanol–water partition coefficient (Wildman–Crippen LogP) is 3.87. The van der Waals surface area contributed by atoms with Crippen LogP contribution in [0, 0.1) is 5.92 Å². The Hall–Kier alpha value is -4.24. The zero-order chi connectivity index (χ0) is 26.4. The van der Waals surface area contributed by atoms with E-state index < -0.39 is 11.9 Å². The molecule has 0 spiro atoms. The van der Waals surface area contributed by atoms with Crippen molar-refractivity contribution in [1.82, 2.24) is 19.7 Å². The van der Waals surface area contributed by atoms with Crippen LogP contribution in [-0.2, 0) is 16.1 Å². The highest BCUT2D eigenvalue weighted by Gasteiger charge is 2.51. The van der Waals surface area contributed by atoms with Crippen LogP contribution in [0.15, 0.2) is 66.7 Å². The topological polar surface area (TPSA) is 123 Å². The Morgan fingerprint density at radius 2 is 1.79 bits per heavy atom. The number of piperidine rings is 1. The number of anilines is 1. The van der Waals surface area contributed by atoms with E-state index in [9.17, 15) is 14.4 Å². The molecule has 3 heterocycles. The van der Waals surface area contributed by atoms with Gasteiger partial charge in [0.1, 0.15) is 18.4 Å². The third kappa shape index (κ3) is 4.18. The van der Waals surface area contributed by atoms with Crippen LogP contribution in [0.5, 0.6) is 0 Å². The van der Waals surface area contributed by atoms with Gasteiger partial charge in [0.05, 0.1) is 11.2 Å². The van der Waals surface area contributed by atoms with Crippen LogP contribution in [0.3, 0.4) is 0 Å². The lowest BCUT2D eigenvalue weighted by Gasteiger charge is -2.34. The predicted molar refractivity (Wildman–Crippen MR) is 143 cm³/mol. The van der Waals surface area contributed by atoms with Crippen molar-refractivity contribution in [3.8, 4) is 11.3 Å².